The third kappa shape index (κ3) is 3.54. The van der Waals surface area contributed by atoms with Crippen LogP contribution >= 0.6 is 0 Å². The molecule has 2 aromatic carbocycles. The zero-order chi connectivity index (χ0) is 17.9. The Bertz CT molecular complexity index is 844. The lowest BCUT2D eigenvalue weighted by molar-refractivity contribution is -0.116. The molecule has 1 N–H and O–H groups in total. The summed E-state index contributed by atoms with van der Waals surface area (Å²) in [6.07, 6.45) is 2.59. The second-order valence-electron chi connectivity index (χ2n) is 6.91. The second-order valence-corrected chi connectivity index (χ2v) is 6.91. The van der Waals surface area contributed by atoms with Crippen molar-refractivity contribution in [2.24, 2.45) is 0 Å². The molecule has 132 valence electrons. The number of carbonyl (C=O) groups excluding carboxylic acids is 1. The molecular weight excluding hydrogens is 324 g/mol. The number of hydrogen-bond donors (Lipinski definition) is 1. The lowest BCUT2D eigenvalue weighted by atomic mass is 9.88. The molecule has 4 rings (SSSR count). The Hall–Kier alpha value is -2.88. The van der Waals surface area contributed by atoms with Gasteiger partial charge in [0.1, 0.15) is 11.4 Å². The summed E-state index contributed by atoms with van der Waals surface area (Å²) in [5.41, 5.74) is 3.78. The van der Waals surface area contributed by atoms with Crippen LogP contribution in [0.25, 0.3) is 0 Å². The summed E-state index contributed by atoms with van der Waals surface area (Å²) in [7, 11) is 0. The Morgan fingerprint density at radius 2 is 1.65 bits per heavy atom. The van der Waals surface area contributed by atoms with Gasteiger partial charge in [0.25, 0.3) is 0 Å². The van der Waals surface area contributed by atoms with Crippen molar-refractivity contribution < 1.29 is 9.32 Å². The first-order valence-electron chi connectivity index (χ1n) is 9.08. The Balaban J connectivity index is 1.56. The molecule has 1 aromatic heterocycles. The number of carbonyl (C=O) groups is 1. The molecule has 3 aromatic rings. The average molecular weight is 346 g/mol. The van der Waals surface area contributed by atoms with Crippen molar-refractivity contribution in [3.8, 4) is 0 Å². The van der Waals surface area contributed by atoms with E-state index in [0.29, 0.717) is 12.3 Å². The van der Waals surface area contributed by atoms with Crippen LogP contribution in [0.4, 0.5) is 5.69 Å². The molecule has 0 aliphatic heterocycles. The number of aromatic nitrogens is 1. The fourth-order valence-corrected chi connectivity index (χ4v) is 3.34. The van der Waals surface area contributed by atoms with E-state index in [2.05, 4.69) is 34.7 Å². The van der Waals surface area contributed by atoms with E-state index in [9.17, 15) is 4.79 Å². The quantitative estimate of drug-likeness (QED) is 0.682. The van der Waals surface area contributed by atoms with Crippen LogP contribution in [0.2, 0.25) is 0 Å². The van der Waals surface area contributed by atoms with Gasteiger partial charge in [-0.2, -0.15) is 0 Å². The Morgan fingerprint density at radius 3 is 2.19 bits per heavy atom. The predicted molar refractivity (Wildman–Crippen MR) is 101 cm³/mol. The van der Waals surface area contributed by atoms with Crippen molar-refractivity contribution in [3.05, 3.63) is 83.2 Å². The minimum absolute atomic E-state index is 0.0157. The highest BCUT2D eigenvalue weighted by molar-refractivity contribution is 5.92. The van der Waals surface area contributed by atoms with Crippen molar-refractivity contribution in [3.63, 3.8) is 0 Å². The smallest absolute Gasteiger partial charge is 0.225 e. The number of amides is 1. The fourth-order valence-electron chi connectivity index (χ4n) is 3.34. The van der Waals surface area contributed by atoms with Crippen LogP contribution in [0.3, 0.4) is 0 Å². The fraction of sp³-hybridized carbons (Fsp3) is 0.273. The molecule has 1 saturated carbocycles. The maximum Gasteiger partial charge on any atom is 0.225 e. The van der Waals surface area contributed by atoms with Gasteiger partial charge in [0.2, 0.25) is 5.91 Å². The maximum atomic E-state index is 12.8. The molecule has 1 heterocycles. The molecule has 0 atom stereocenters. The Labute approximate surface area is 153 Å². The highest BCUT2D eigenvalue weighted by Gasteiger charge is 2.32. The summed E-state index contributed by atoms with van der Waals surface area (Å²) < 4.78 is 5.43. The Kier molecular flexibility index (Phi) is 4.57. The summed E-state index contributed by atoms with van der Waals surface area (Å²) in [6, 6.07) is 20.3. The van der Waals surface area contributed by atoms with Gasteiger partial charge in [-0.25, -0.2) is 0 Å². The van der Waals surface area contributed by atoms with Crippen LogP contribution < -0.4 is 5.32 Å². The first-order chi connectivity index (χ1) is 12.7. The number of nitrogens with one attached hydrogen (secondary N) is 1. The van der Waals surface area contributed by atoms with Gasteiger partial charge >= 0.3 is 0 Å². The summed E-state index contributed by atoms with van der Waals surface area (Å²) in [5.74, 6) is 1.23. The first-order valence-corrected chi connectivity index (χ1v) is 9.08. The molecule has 1 aliphatic carbocycles. The minimum Gasteiger partial charge on any atom is -0.359 e. The van der Waals surface area contributed by atoms with Crippen molar-refractivity contribution in [2.75, 3.05) is 5.32 Å². The average Bonchev–Trinajstić information content (AvgIpc) is 3.46. The zero-order valence-electron chi connectivity index (χ0n) is 14.8. The topological polar surface area (TPSA) is 55.1 Å². The van der Waals surface area contributed by atoms with Crippen LogP contribution in [0, 0.1) is 6.92 Å². The SMILES string of the molecule is Cc1noc(C2CC2)c1NC(=O)CC(c1ccccc1)c1ccccc1. The van der Waals surface area contributed by atoms with Gasteiger partial charge in [-0.3, -0.25) is 4.79 Å². The first kappa shape index (κ1) is 16.6. The second kappa shape index (κ2) is 7.16. The molecule has 0 radical (unpaired) electrons. The minimum atomic E-state index is -0.0177. The van der Waals surface area contributed by atoms with Gasteiger partial charge in [-0.1, -0.05) is 65.8 Å². The summed E-state index contributed by atoms with van der Waals surface area (Å²) in [5, 5.41) is 7.09. The molecular formula is C22H22N2O2. The number of benzene rings is 2. The monoisotopic (exact) mass is 346 g/mol. The molecule has 0 spiro atoms. The molecule has 1 aliphatic rings. The normalized spacial score (nSPS) is 13.8. The molecule has 4 nitrogen and oxygen atoms in total. The molecule has 0 unspecified atom stereocenters. The van der Waals surface area contributed by atoms with Gasteiger partial charge in [0, 0.05) is 18.3 Å². The van der Waals surface area contributed by atoms with Gasteiger partial charge in [0.05, 0.1) is 0 Å². The maximum absolute atomic E-state index is 12.8. The highest BCUT2D eigenvalue weighted by atomic mass is 16.5. The number of aryl methyl sites for hydroxylation is 1. The lowest BCUT2D eigenvalue weighted by Gasteiger charge is -2.18. The van der Waals surface area contributed by atoms with Crippen LogP contribution in [-0.4, -0.2) is 11.1 Å². The van der Waals surface area contributed by atoms with E-state index < -0.39 is 0 Å². The van der Waals surface area contributed by atoms with Crippen molar-refractivity contribution in [2.45, 2.75) is 38.0 Å². The van der Waals surface area contributed by atoms with E-state index >= 15 is 0 Å². The number of nitrogens with zero attached hydrogens (tertiary/aromatic N) is 1. The van der Waals surface area contributed by atoms with Gasteiger partial charge in [-0.15, -0.1) is 0 Å². The number of anilines is 1. The number of rotatable bonds is 6. The van der Waals surface area contributed by atoms with Gasteiger partial charge < -0.3 is 9.84 Å². The van der Waals surface area contributed by atoms with Crippen molar-refractivity contribution in [1.29, 1.82) is 0 Å². The standard InChI is InChI=1S/C22H22N2O2/c1-15-21(22(26-24-15)18-12-13-18)23-20(25)14-19(16-8-4-2-5-9-16)17-10-6-3-7-11-17/h2-11,18-19H,12-14H2,1H3,(H,23,25). The summed E-state index contributed by atoms with van der Waals surface area (Å²) in [4.78, 5) is 12.8. The van der Waals surface area contributed by atoms with Crippen LogP contribution in [0.15, 0.2) is 65.2 Å². The molecule has 0 bridgehead atoms. The van der Waals surface area contributed by atoms with Crippen LogP contribution in [-0.2, 0) is 4.79 Å². The van der Waals surface area contributed by atoms with Gasteiger partial charge in [0.15, 0.2) is 5.76 Å². The van der Waals surface area contributed by atoms with E-state index in [4.69, 9.17) is 4.52 Å². The highest BCUT2D eigenvalue weighted by Crippen LogP contribution is 2.44. The molecule has 1 amide bonds. The third-order valence-electron chi connectivity index (χ3n) is 4.90. The Morgan fingerprint density at radius 1 is 1.08 bits per heavy atom. The van der Waals surface area contributed by atoms with Crippen LogP contribution in [0.5, 0.6) is 0 Å². The van der Waals surface area contributed by atoms with Crippen LogP contribution in [0.1, 0.15) is 53.7 Å². The van der Waals surface area contributed by atoms with E-state index in [1.807, 2.05) is 43.3 Å². The summed E-state index contributed by atoms with van der Waals surface area (Å²) in [6.45, 7) is 1.87. The van der Waals surface area contributed by atoms with E-state index in [1.165, 1.54) is 0 Å². The summed E-state index contributed by atoms with van der Waals surface area (Å²) >= 11 is 0. The van der Waals surface area contributed by atoms with Crippen molar-refractivity contribution in [1.82, 2.24) is 5.16 Å². The van der Waals surface area contributed by atoms with E-state index in [0.717, 1.165) is 41.1 Å². The number of hydrogen-bond acceptors (Lipinski definition) is 3. The predicted octanol–water partition coefficient (Wildman–Crippen LogP) is 5.02. The molecule has 0 saturated heterocycles. The largest absolute Gasteiger partial charge is 0.359 e. The molecule has 26 heavy (non-hydrogen) atoms. The molecule has 4 heteroatoms. The van der Waals surface area contributed by atoms with E-state index in [-0.39, 0.29) is 11.8 Å². The van der Waals surface area contributed by atoms with Gasteiger partial charge in [-0.05, 0) is 30.9 Å². The van der Waals surface area contributed by atoms with E-state index in [1.54, 1.807) is 0 Å². The van der Waals surface area contributed by atoms with Crippen molar-refractivity contribution >= 4 is 11.6 Å². The zero-order valence-corrected chi connectivity index (χ0v) is 14.8. The molecule has 1 fully saturated rings. The third-order valence-corrected chi connectivity index (χ3v) is 4.90. The lowest BCUT2D eigenvalue weighted by Crippen LogP contribution is -2.17.